The molecule has 0 amide bonds. The molecule has 5 nitrogen and oxygen atoms in total. The molecule has 0 aliphatic rings. The van der Waals surface area contributed by atoms with E-state index in [0.29, 0.717) is 5.56 Å². The minimum Gasteiger partial charge on any atom is -0.497 e. The zero-order valence-electron chi connectivity index (χ0n) is 9.71. The molecule has 0 saturated heterocycles. The fourth-order valence-corrected chi connectivity index (χ4v) is 1.67. The van der Waals surface area contributed by atoms with Crippen LogP contribution in [0.25, 0.3) is 5.69 Å². The zero-order chi connectivity index (χ0) is 13.1. The highest BCUT2D eigenvalue weighted by Gasteiger charge is 2.13. The number of methoxy groups -OCH3 is 1. The Morgan fingerprint density at radius 1 is 1.17 bits per heavy atom. The molecule has 0 unspecified atom stereocenters. The molecule has 0 bridgehead atoms. The van der Waals surface area contributed by atoms with Gasteiger partial charge in [0.2, 0.25) is 0 Å². The third-order valence-corrected chi connectivity index (χ3v) is 2.62. The van der Waals surface area contributed by atoms with Crippen molar-refractivity contribution in [1.29, 1.82) is 10.5 Å². The average Bonchev–Trinajstić information content (AvgIpc) is 2.75. The van der Waals surface area contributed by atoms with Crippen LogP contribution in [0.3, 0.4) is 0 Å². The first-order chi connectivity index (χ1) is 8.71. The van der Waals surface area contributed by atoms with Crippen molar-refractivity contribution in [2.45, 2.75) is 0 Å². The lowest BCUT2D eigenvalue weighted by atomic mass is 10.3. The number of ether oxygens (including phenoxy) is 1. The number of nitrogen functional groups attached to an aromatic ring is 1. The molecule has 2 N–H and O–H groups in total. The Morgan fingerprint density at radius 3 is 2.33 bits per heavy atom. The van der Waals surface area contributed by atoms with Crippen molar-refractivity contribution in [2.75, 3.05) is 12.8 Å². The molecule has 88 valence electrons. The average molecular weight is 238 g/mol. The van der Waals surface area contributed by atoms with E-state index in [2.05, 4.69) is 0 Å². The Kier molecular flexibility index (Phi) is 2.90. The number of benzene rings is 1. The van der Waals surface area contributed by atoms with E-state index in [4.69, 9.17) is 21.0 Å². The van der Waals surface area contributed by atoms with Gasteiger partial charge < -0.3 is 15.0 Å². The molecule has 2 rings (SSSR count). The molecule has 5 heteroatoms. The van der Waals surface area contributed by atoms with Gasteiger partial charge in [0.15, 0.2) is 0 Å². The number of anilines is 1. The second-order valence-corrected chi connectivity index (χ2v) is 3.60. The van der Waals surface area contributed by atoms with Crippen molar-refractivity contribution in [3.05, 3.63) is 41.7 Å². The van der Waals surface area contributed by atoms with Gasteiger partial charge in [-0.1, -0.05) is 0 Å². The van der Waals surface area contributed by atoms with E-state index in [9.17, 15) is 0 Å². The second kappa shape index (κ2) is 4.52. The molecule has 2 aromatic rings. The fourth-order valence-electron chi connectivity index (χ4n) is 1.67. The molecule has 0 atom stereocenters. The first kappa shape index (κ1) is 11.6. The monoisotopic (exact) mass is 238 g/mol. The summed E-state index contributed by atoms with van der Waals surface area (Å²) in [5.41, 5.74) is 7.24. The lowest BCUT2D eigenvalue weighted by Gasteiger charge is -2.05. The van der Waals surface area contributed by atoms with Crippen molar-refractivity contribution < 1.29 is 4.74 Å². The van der Waals surface area contributed by atoms with Crippen molar-refractivity contribution >= 4 is 5.69 Å². The molecule has 0 radical (unpaired) electrons. The van der Waals surface area contributed by atoms with Crippen LogP contribution in [0.2, 0.25) is 0 Å². The maximum absolute atomic E-state index is 9.09. The third kappa shape index (κ3) is 1.74. The summed E-state index contributed by atoms with van der Waals surface area (Å²) in [6.45, 7) is 0. The quantitative estimate of drug-likeness (QED) is 0.864. The van der Waals surface area contributed by atoms with Gasteiger partial charge in [0.25, 0.3) is 0 Å². The SMILES string of the molecule is COc1ccc(-n2cc(C#N)c(N)c2C#N)cc1. The summed E-state index contributed by atoms with van der Waals surface area (Å²) >= 11 is 0. The van der Waals surface area contributed by atoms with Gasteiger partial charge in [-0.25, -0.2) is 0 Å². The van der Waals surface area contributed by atoms with E-state index < -0.39 is 0 Å². The van der Waals surface area contributed by atoms with Gasteiger partial charge >= 0.3 is 0 Å². The molecule has 0 saturated carbocycles. The van der Waals surface area contributed by atoms with Crippen LogP contribution in [0.5, 0.6) is 5.75 Å². The number of hydrogen-bond donors (Lipinski definition) is 1. The zero-order valence-corrected chi connectivity index (χ0v) is 9.71. The smallest absolute Gasteiger partial charge is 0.149 e. The Balaban J connectivity index is 2.57. The van der Waals surface area contributed by atoms with Gasteiger partial charge in [0.05, 0.1) is 18.4 Å². The number of nitrogens with zero attached hydrogens (tertiary/aromatic N) is 3. The van der Waals surface area contributed by atoms with Crippen molar-refractivity contribution in [3.8, 4) is 23.6 Å². The van der Waals surface area contributed by atoms with Gasteiger partial charge in [-0.05, 0) is 24.3 Å². The number of nitriles is 2. The van der Waals surface area contributed by atoms with Crippen LogP contribution in [-0.4, -0.2) is 11.7 Å². The molecular weight excluding hydrogens is 228 g/mol. The number of hydrogen-bond acceptors (Lipinski definition) is 4. The predicted octanol–water partition coefficient (Wildman–Crippen LogP) is 1.81. The molecule has 0 aliphatic carbocycles. The minimum atomic E-state index is 0.204. The maximum Gasteiger partial charge on any atom is 0.149 e. The van der Waals surface area contributed by atoms with Crippen molar-refractivity contribution in [3.63, 3.8) is 0 Å². The molecular formula is C13H10N4O. The molecule has 1 aromatic heterocycles. The molecule has 0 spiro atoms. The van der Waals surface area contributed by atoms with Crippen LogP contribution in [0.15, 0.2) is 30.5 Å². The Hall–Kier alpha value is -2.92. The summed E-state index contributed by atoms with van der Waals surface area (Å²) in [6.07, 6.45) is 1.55. The van der Waals surface area contributed by atoms with Crippen molar-refractivity contribution in [1.82, 2.24) is 4.57 Å². The normalized spacial score (nSPS) is 9.50. The van der Waals surface area contributed by atoms with Gasteiger partial charge in [0, 0.05) is 11.9 Å². The number of aromatic nitrogens is 1. The summed E-state index contributed by atoms with van der Waals surface area (Å²) in [5.74, 6) is 0.720. The Labute approximate surface area is 104 Å². The number of nitrogens with two attached hydrogens (primary N) is 1. The maximum atomic E-state index is 9.09. The lowest BCUT2D eigenvalue weighted by Crippen LogP contribution is -1.97. The largest absolute Gasteiger partial charge is 0.497 e. The van der Waals surface area contributed by atoms with Crippen LogP contribution in [0.4, 0.5) is 5.69 Å². The van der Waals surface area contributed by atoms with Crippen LogP contribution >= 0.6 is 0 Å². The molecule has 1 heterocycles. The summed E-state index contributed by atoms with van der Waals surface area (Å²) in [4.78, 5) is 0. The summed E-state index contributed by atoms with van der Waals surface area (Å²) in [5, 5.41) is 18.0. The highest BCUT2D eigenvalue weighted by Crippen LogP contribution is 2.24. The fraction of sp³-hybridized carbons (Fsp3) is 0.0769. The molecule has 18 heavy (non-hydrogen) atoms. The van der Waals surface area contributed by atoms with Gasteiger partial charge in [-0.15, -0.1) is 0 Å². The number of rotatable bonds is 2. The summed E-state index contributed by atoms with van der Waals surface area (Å²) in [7, 11) is 1.58. The van der Waals surface area contributed by atoms with E-state index in [0.717, 1.165) is 11.4 Å². The van der Waals surface area contributed by atoms with E-state index in [1.165, 1.54) is 0 Å². The van der Waals surface area contributed by atoms with Gasteiger partial charge in [-0.2, -0.15) is 10.5 Å². The van der Waals surface area contributed by atoms with Crippen LogP contribution < -0.4 is 10.5 Å². The molecule has 0 fully saturated rings. The third-order valence-electron chi connectivity index (χ3n) is 2.62. The molecule has 1 aromatic carbocycles. The highest BCUT2D eigenvalue weighted by molar-refractivity contribution is 5.65. The van der Waals surface area contributed by atoms with Crippen molar-refractivity contribution in [2.24, 2.45) is 0 Å². The summed E-state index contributed by atoms with van der Waals surface area (Å²) < 4.78 is 6.65. The van der Waals surface area contributed by atoms with E-state index in [1.807, 2.05) is 12.1 Å². The van der Waals surface area contributed by atoms with E-state index in [-0.39, 0.29) is 11.4 Å². The standard InChI is InChI=1S/C13H10N4O/c1-18-11-4-2-10(3-5-11)17-8-9(6-14)13(16)12(17)7-15/h2-5,8H,16H2,1H3. The summed E-state index contributed by atoms with van der Waals surface area (Å²) in [6, 6.07) is 11.1. The van der Waals surface area contributed by atoms with E-state index in [1.54, 1.807) is 42.1 Å². The van der Waals surface area contributed by atoms with Crippen LogP contribution in [-0.2, 0) is 0 Å². The van der Waals surface area contributed by atoms with Gasteiger partial charge in [0.1, 0.15) is 23.6 Å². The van der Waals surface area contributed by atoms with Crippen LogP contribution in [0, 0.1) is 22.7 Å². The lowest BCUT2D eigenvalue weighted by molar-refractivity contribution is 0.414. The minimum absolute atomic E-state index is 0.204. The van der Waals surface area contributed by atoms with E-state index >= 15 is 0 Å². The Morgan fingerprint density at radius 2 is 1.83 bits per heavy atom. The highest BCUT2D eigenvalue weighted by atomic mass is 16.5. The second-order valence-electron chi connectivity index (χ2n) is 3.60. The first-order valence-electron chi connectivity index (χ1n) is 5.16. The topological polar surface area (TPSA) is 87.8 Å². The first-order valence-corrected chi connectivity index (χ1v) is 5.16. The predicted molar refractivity (Wildman–Crippen MR) is 66.2 cm³/mol. The van der Waals surface area contributed by atoms with Crippen LogP contribution in [0.1, 0.15) is 11.3 Å². The Bertz CT molecular complexity index is 656. The molecule has 0 aliphatic heterocycles. The van der Waals surface area contributed by atoms with Gasteiger partial charge in [-0.3, -0.25) is 0 Å².